The highest BCUT2D eigenvalue weighted by Gasteiger charge is 2.55. The molecule has 2 amide bonds. The van der Waals surface area contributed by atoms with Gasteiger partial charge >= 0.3 is 0 Å². The van der Waals surface area contributed by atoms with Gasteiger partial charge in [-0.05, 0) is 97.1 Å². The number of anilines is 3. The van der Waals surface area contributed by atoms with Gasteiger partial charge in [0.2, 0.25) is 5.91 Å². The van der Waals surface area contributed by atoms with Crippen LogP contribution >= 0.6 is 0 Å². The predicted octanol–water partition coefficient (Wildman–Crippen LogP) is 6.67. The van der Waals surface area contributed by atoms with Crippen LogP contribution in [-0.4, -0.2) is 86.1 Å². The van der Waals surface area contributed by atoms with Crippen LogP contribution in [0.5, 0.6) is 0 Å². The smallest absolute Gasteiger partial charge is 0.261 e. The molecule has 2 aliphatic carbocycles. The van der Waals surface area contributed by atoms with E-state index in [1.54, 1.807) is 19.4 Å². The Morgan fingerprint density at radius 3 is 2.42 bits per heavy atom. The number of carbonyl (C=O) groups excluding carboxylic acids is 2. The lowest BCUT2D eigenvalue weighted by molar-refractivity contribution is -0.124. The number of alkyl halides is 2. The highest BCUT2D eigenvalue weighted by molar-refractivity contribution is 6.08. The van der Waals surface area contributed by atoms with E-state index < -0.39 is 29.1 Å². The van der Waals surface area contributed by atoms with E-state index in [2.05, 4.69) is 27.4 Å². The molecule has 1 aromatic carbocycles. The standard InChI is InChI=1S/C39H45F3N8O3/c1-21(2)49-20-44-29-16-27(45-33(31(29)49)46-28-15-25(22(3)13-26(28)40)34(51)47-39(7-8-39)35(41)42)23-14-30-32(43-19-23)37(4,5)36(52)50(30)24-17-38(6,18-24)48-9-11-53-12-10-48/h13-16,19-21,24,35H,7-12,17-18H2,1-6H3,(H,45,46)(H,47,51)/t24-,38+. The van der Waals surface area contributed by atoms with Crippen molar-refractivity contribution < 1.29 is 27.5 Å². The van der Waals surface area contributed by atoms with E-state index in [1.165, 1.54) is 12.1 Å². The molecular formula is C39H45F3N8O3. The maximum absolute atomic E-state index is 15.6. The van der Waals surface area contributed by atoms with Crippen molar-refractivity contribution in [2.45, 2.75) is 102 Å². The second-order valence-corrected chi connectivity index (χ2v) is 16.2. The number of rotatable bonds is 9. The molecule has 3 aromatic heterocycles. The lowest BCUT2D eigenvalue weighted by Gasteiger charge is -2.55. The van der Waals surface area contributed by atoms with Crippen LogP contribution in [0, 0.1) is 12.7 Å². The van der Waals surface area contributed by atoms with E-state index in [0.29, 0.717) is 46.8 Å². The number of pyridine rings is 2. The van der Waals surface area contributed by atoms with Gasteiger partial charge in [-0.25, -0.2) is 23.1 Å². The third kappa shape index (κ3) is 5.85. The lowest BCUT2D eigenvalue weighted by atomic mass is 9.71. The Balaban J connectivity index is 1.16. The molecule has 8 rings (SSSR count). The van der Waals surface area contributed by atoms with Crippen molar-refractivity contribution in [3.05, 3.63) is 59.4 Å². The van der Waals surface area contributed by atoms with Gasteiger partial charge in [0.05, 0.1) is 53.2 Å². The quantitative estimate of drug-likeness (QED) is 0.196. The molecule has 4 aromatic rings. The van der Waals surface area contributed by atoms with Gasteiger partial charge in [0.25, 0.3) is 12.3 Å². The Hall–Kier alpha value is -4.56. The van der Waals surface area contributed by atoms with Gasteiger partial charge in [0.15, 0.2) is 5.82 Å². The summed E-state index contributed by atoms with van der Waals surface area (Å²) in [6.45, 7) is 14.8. The zero-order valence-corrected chi connectivity index (χ0v) is 30.9. The Morgan fingerprint density at radius 2 is 1.75 bits per heavy atom. The molecule has 0 unspecified atom stereocenters. The summed E-state index contributed by atoms with van der Waals surface area (Å²) in [5, 5.41) is 5.59. The van der Waals surface area contributed by atoms with Gasteiger partial charge in [-0.3, -0.25) is 19.5 Å². The number of carbonyl (C=O) groups is 2. The topological polar surface area (TPSA) is 118 Å². The van der Waals surface area contributed by atoms with Gasteiger partial charge in [0, 0.05) is 48.0 Å². The molecule has 5 heterocycles. The van der Waals surface area contributed by atoms with E-state index in [4.69, 9.17) is 14.7 Å². The summed E-state index contributed by atoms with van der Waals surface area (Å²) in [7, 11) is 0. The third-order valence-electron chi connectivity index (χ3n) is 11.7. The summed E-state index contributed by atoms with van der Waals surface area (Å²) in [5.74, 6) is -1.02. The monoisotopic (exact) mass is 730 g/mol. The number of halogens is 3. The van der Waals surface area contributed by atoms with Crippen molar-refractivity contribution in [2.75, 3.05) is 36.5 Å². The van der Waals surface area contributed by atoms with Crippen LogP contribution in [0.15, 0.2) is 36.8 Å². The number of amides is 2. The summed E-state index contributed by atoms with van der Waals surface area (Å²) in [5.41, 5.74) is 1.85. The van der Waals surface area contributed by atoms with Crippen molar-refractivity contribution in [1.82, 2.24) is 29.7 Å². The molecule has 4 aliphatic rings. The molecule has 2 aliphatic heterocycles. The fourth-order valence-electron chi connectivity index (χ4n) is 8.29. The fourth-order valence-corrected chi connectivity index (χ4v) is 8.29. The number of benzene rings is 1. The van der Waals surface area contributed by atoms with E-state index >= 15 is 4.39 Å². The largest absolute Gasteiger partial charge is 0.379 e. The zero-order valence-electron chi connectivity index (χ0n) is 30.9. The maximum Gasteiger partial charge on any atom is 0.261 e. The van der Waals surface area contributed by atoms with E-state index in [1.807, 2.05) is 49.3 Å². The molecule has 0 bridgehead atoms. The molecule has 53 heavy (non-hydrogen) atoms. The second-order valence-electron chi connectivity index (χ2n) is 16.2. The minimum absolute atomic E-state index is 0.0108. The average molecular weight is 731 g/mol. The van der Waals surface area contributed by atoms with Gasteiger partial charge < -0.3 is 24.8 Å². The molecule has 280 valence electrons. The van der Waals surface area contributed by atoms with Crippen molar-refractivity contribution in [3.63, 3.8) is 0 Å². The number of nitrogens with zero attached hydrogens (tertiary/aromatic N) is 6. The lowest BCUT2D eigenvalue weighted by Crippen LogP contribution is -2.65. The fraction of sp³-hybridized carbons (Fsp3) is 0.513. The zero-order chi connectivity index (χ0) is 37.6. The first-order valence-corrected chi connectivity index (χ1v) is 18.3. The van der Waals surface area contributed by atoms with Gasteiger partial charge in [-0.2, -0.15) is 0 Å². The number of aromatic nitrogens is 4. The third-order valence-corrected chi connectivity index (χ3v) is 11.7. The van der Waals surface area contributed by atoms with Gasteiger partial charge in [-0.15, -0.1) is 0 Å². The van der Waals surface area contributed by atoms with Crippen LogP contribution in [0.4, 0.5) is 30.4 Å². The highest BCUT2D eigenvalue weighted by atomic mass is 19.3. The van der Waals surface area contributed by atoms with Crippen LogP contribution in [0.25, 0.3) is 22.3 Å². The molecule has 0 atom stereocenters. The predicted molar refractivity (Wildman–Crippen MR) is 195 cm³/mol. The SMILES string of the molecule is Cc1cc(F)c(Nc2nc(-c3cnc4c(c3)N([C@H]3C[C@@](C)(N5CCOCC5)C3)C(=O)C4(C)C)cc3ncn(C(C)C)c23)cc1C(=O)NC1(C(F)F)CC1. The summed E-state index contributed by atoms with van der Waals surface area (Å²) >= 11 is 0. The molecule has 0 radical (unpaired) electrons. The number of imidazole rings is 1. The average Bonchev–Trinajstić information content (AvgIpc) is 3.71. The number of ether oxygens (including phenoxy) is 1. The first-order chi connectivity index (χ1) is 25.1. The van der Waals surface area contributed by atoms with Crippen LogP contribution in [0.3, 0.4) is 0 Å². The number of nitrogens with one attached hydrogen (secondary N) is 2. The molecule has 0 spiro atoms. The van der Waals surface area contributed by atoms with Crippen LogP contribution < -0.4 is 15.5 Å². The van der Waals surface area contributed by atoms with Crippen molar-refractivity contribution in [1.29, 1.82) is 0 Å². The van der Waals surface area contributed by atoms with E-state index in [-0.39, 0.29) is 53.4 Å². The van der Waals surface area contributed by atoms with Crippen LogP contribution in [-0.2, 0) is 14.9 Å². The van der Waals surface area contributed by atoms with Crippen LogP contribution in [0.1, 0.15) is 88.0 Å². The molecule has 14 heteroatoms. The van der Waals surface area contributed by atoms with Gasteiger partial charge in [0.1, 0.15) is 16.9 Å². The summed E-state index contributed by atoms with van der Waals surface area (Å²) in [6.07, 6.45) is 2.76. The number of aryl methyl sites for hydroxylation is 1. The Kier molecular flexibility index (Phi) is 8.37. The number of hydrogen-bond acceptors (Lipinski definition) is 8. The van der Waals surface area contributed by atoms with Crippen LogP contribution in [0.2, 0.25) is 0 Å². The second kappa shape index (κ2) is 12.5. The Morgan fingerprint density at radius 1 is 1.04 bits per heavy atom. The number of hydrogen-bond donors (Lipinski definition) is 2. The van der Waals surface area contributed by atoms with Crippen molar-refractivity contribution in [2.24, 2.45) is 0 Å². The Labute approximate surface area is 306 Å². The number of morpholine rings is 1. The molecule has 3 fully saturated rings. The maximum atomic E-state index is 15.6. The summed E-state index contributed by atoms with van der Waals surface area (Å²) in [4.78, 5) is 46.1. The highest BCUT2D eigenvalue weighted by Crippen LogP contribution is 2.50. The summed E-state index contributed by atoms with van der Waals surface area (Å²) < 4.78 is 50.5. The minimum Gasteiger partial charge on any atom is -0.379 e. The molecule has 1 saturated heterocycles. The molecule has 2 saturated carbocycles. The van der Waals surface area contributed by atoms with Crippen molar-refractivity contribution in [3.8, 4) is 11.3 Å². The first-order valence-electron chi connectivity index (χ1n) is 18.3. The normalized spacial score (nSPS) is 23.4. The van der Waals surface area contributed by atoms with Crippen molar-refractivity contribution >= 4 is 40.0 Å². The van der Waals surface area contributed by atoms with E-state index in [0.717, 1.165) is 31.6 Å². The van der Waals surface area contributed by atoms with Gasteiger partial charge in [-0.1, -0.05) is 0 Å². The molecular weight excluding hydrogens is 685 g/mol. The Bertz CT molecular complexity index is 2130. The molecule has 2 N–H and O–H groups in total. The molecule has 11 nitrogen and oxygen atoms in total. The van der Waals surface area contributed by atoms with E-state index in [9.17, 15) is 18.4 Å². The first kappa shape index (κ1) is 35.5. The number of fused-ring (bicyclic) bond motifs is 2. The summed E-state index contributed by atoms with van der Waals surface area (Å²) in [6, 6.07) is 6.36. The minimum atomic E-state index is -2.70.